The van der Waals surface area contributed by atoms with Crippen LogP contribution in [0.3, 0.4) is 0 Å². The summed E-state index contributed by atoms with van der Waals surface area (Å²) in [4.78, 5) is 4.14. The molecule has 1 unspecified atom stereocenters. The minimum atomic E-state index is -3.49. The van der Waals surface area contributed by atoms with Gasteiger partial charge in [0.2, 0.25) is 10.0 Å². The molecule has 7 heteroatoms. The number of nitrogens with zero attached hydrogens (tertiary/aromatic N) is 1. The third kappa shape index (κ3) is 3.97. The van der Waals surface area contributed by atoms with Crippen LogP contribution in [-0.4, -0.2) is 32.7 Å². The highest BCUT2D eigenvalue weighted by Crippen LogP contribution is 2.15. The molecular formula is C12H19N3O3S. The van der Waals surface area contributed by atoms with E-state index < -0.39 is 10.0 Å². The van der Waals surface area contributed by atoms with Gasteiger partial charge in [-0.3, -0.25) is 4.98 Å². The van der Waals surface area contributed by atoms with Gasteiger partial charge in [0.25, 0.3) is 0 Å². The molecule has 3 N–H and O–H groups in total. The average Bonchev–Trinajstić information content (AvgIpc) is 2.92. The largest absolute Gasteiger partial charge is 0.378 e. The first-order valence-corrected chi connectivity index (χ1v) is 7.86. The molecule has 0 aromatic carbocycles. The van der Waals surface area contributed by atoms with Crippen LogP contribution in [0, 0.1) is 0 Å². The second-order valence-electron chi connectivity index (χ2n) is 4.51. The number of rotatable bonds is 6. The Morgan fingerprint density at radius 3 is 2.89 bits per heavy atom. The molecule has 1 aliphatic rings. The van der Waals surface area contributed by atoms with Crippen molar-refractivity contribution in [2.24, 2.45) is 5.73 Å². The van der Waals surface area contributed by atoms with Crippen LogP contribution in [0.15, 0.2) is 23.2 Å². The molecule has 106 valence electrons. The van der Waals surface area contributed by atoms with E-state index >= 15 is 0 Å². The summed E-state index contributed by atoms with van der Waals surface area (Å²) in [6.07, 6.45) is 4.28. The van der Waals surface area contributed by atoms with Crippen LogP contribution in [0.1, 0.15) is 25.0 Å². The molecule has 1 saturated heterocycles. The van der Waals surface area contributed by atoms with E-state index in [4.69, 9.17) is 10.5 Å². The van der Waals surface area contributed by atoms with E-state index in [0.29, 0.717) is 25.2 Å². The van der Waals surface area contributed by atoms with Gasteiger partial charge in [0.15, 0.2) is 0 Å². The van der Waals surface area contributed by atoms with E-state index in [-0.39, 0.29) is 11.0 Å². The Morgan fingerprint density at radius 1 is 1.47 bits per heavy atom. The monoisotopic (exact) mass is 285 g/mol. The summed E-state index contributed by atoms with van der Waals surface area (Å²) in [5, 5.41) is 0. The van der Waals surface area contributed by atoms with Crippen molar-refractivity contribution in [3.8, 4) is 0 Å². The van der Waals surface area contributed by atoms with E-state index in [0.717, 1.165) is 19.4 Å². The summed E-state index contributed by atoms with van der Waals surface area (Å²) in [5.74, 6) is 0. The summed E-state index contributed by atoms with van der Waals surface area (Å²) in [6.45, 7) is 1.46. The number of pyridine rings is 1. The van der Waals surface area contributed by atoms with Crippen LogP contribution in [0.4, 0.5) is 0 Å². The molecule has 0 aliphatic carbocycles. The SMILES string of the molecule is NCc1ccc(S(=O)(=O)NCCC2CCCO2)cn1. The lowest BCUT2D eigenvalue weighted by Crippen LogP contribution is -2.27. The van der Waals surface area contributed by atoms with Gasteiger partial charge in [0.05, 0.1) is 11.8 Å². The Bertz CT molecular complexity index is 495. The molecule has 1 atom stereocenters. The maximum Gasteiger partial charge on any atom is 0.242 e. The predicted molar refractivity (Wildman–Crippen MR) is 70.9 cm³/mol. The van der Waals surface area contributed by atoms with Crippen molar-refractivity contribution < 1.29 is 13.2 Å². The van der Waals surface area contributed by atoms with Gasteiger partial charge in [-0.25, -0.2) is 13.1 Å². The average molecular weight is 285 g/mol. The number of ether oxygens (including phenoxy) is 1. The third-order valence-corrected chi connectivity index (χ3v) is 4.55. The van der Waals surface area contributed by atoms with Crippen LogP contribution < -0.4 is 10.5 Å². The first-order chi connectivity index (χ1) is 9.12. The van der Waals surface area contributed by atoms with E-state index in [1.54, 1.807) is 6.07 Å². The first kappa shape index (κ1) is 14.4. The number of sulfonamides is 1. The van der Waals surface area contributed by atoms with Crippen molar-refractivity contribution in [1.29, 1.82) is 0 Å². The standard InChI is InChI=1S/C12H19N3O3S/c13-8-10-3-4-12(9-14-10)19(16,17)15-6-5-11-2-1-7-18-11/h3-4,9,11,15H,1-2,5-8,13H2. The van der Waals surface area contributed by atoms with Crippen molar-refractivity contribution in [1.82, 2.24) is 9.71 Å². The zero-order valence-corrected chi connectivity index (χ0v) is 11.5. The zero-order valence-electron chi connectivity index (χ0n) is 10.7. The summed E-state index contributed by atoms with van der Waals surface area (Å²) < 4.78 is 32.0. The smallest absolute Gasteiger partial charge is 0.242 e. The molecule has 1 aliphatic heterocycles. The number of nitrogens with two attached hydrogens (primary N) is 1. The highest BCUT2D eigenvalue weighted by Gasteiger charge is 2.18. The molecule has 2 heterocycles. The molecule has 6 nitrogen and oxygen atoms in total. The minimum absolute atomic E-state index is 0.164. The van der Waals surface area contributed by atoms with Gasteiger partial charge in [-0.1, -0.05) is 0 Å². The molecule has 0 bridgehead atoms. The molecule has 0 radical (unpaired) electrons. The van der Waals surface area contributed by atoms with Gasteiger partial charge < -0.3 is 10.5 Å². The highest BCUT2D eigenvalue weighted by atomic mass is 32.2. The maximum absolute atomic E-state index is 12.0. The Morgan fingerprint density at radius 2 is 2.32 bits per heavy atom. The van der Waals surface area contributed by atoms with Crippen LogP contribution in [0.2, 0.25) is 0 Å². The normalized spacial score (nSPS) is 19.7. The van der Waals surface area contributed by atoms with E-state index in [1.807, 2.05) is 0 Å². The Labute approximate surface area is 113 Å². The number of aromatic nitrogens is 1. The second-order valence-corrected chi connectivity index (χ2v) is 6.28. The van der Waals surface area contributed by atoms with Crippen molar-refractivity contribution in [3.05, 3.63) is 24.0 Å². The fraction of sp³-hybridized carbons (Fsp3) is 0.583. The molecule has 1 aromatic heterocycles. The first-order valence-electron chi connectivity index (χ1n) is 6.38. The molecule has 1 aromatic rings. The summed E-state index contributed by atoms with van der Waals surface area (Å²) in [5.41, 5.74) is 6.08. The van der Waals surface area contributed by atoms with Crippen molar-refractivity contribution >= 4 is 10.0 Å². The number of hydrogen-bond donors (Lipinski definition) is 2. The zero-order chi connectivity index (χ0) is 13.7. The van der Waals surface area contributed by atoms with Crippen molar-refractivity contribution in [2.45, 2.75) is 36.8 Å². The lowest BCUT2D eigenvalue weighted by Gasteiger charge is -2.10. The quantitative estimate of drug-likeness (QED) is 0.788. The summed E-state index contributed by atoms with van der Waals surface area (Å²) >= 11 is 0. The Hall–Kier alpha value is -1.02. The lowest BCUT2D eigenvalue weighted by molar-refractivity contribution is 0.105. The Balaban J connectivity index is 1.89. The molecule has 0 saturated carbocycles. The van der Waals surface area contributed by atoms with Gasteiger partial charge in [-0.05, 0) is 31.4 Å². The fourth-order valence-corrected chi connectivity index (χ4v) is 2.99. The van der Waals surface area contributed by atoms with Gasteiger partial charge in [0, 0.05) is 25.9 Å². The van der Waals surface area contributed by atoms with E-state index in [2.05, 4.69) is 9.71 Å². The molecule has 19 heavy (non-hydrogen) atoms. The van der Waals surface area contributed by atoms with E-state index in [9.17, 15) is 8.42 Å². The topological polar surface area (TPSA) is 94.3 Å². The molecule has 2 rings (SSSR count). The lowest BCUT2D eigenvalue weighted by atomic mass is 10.2. The van der Waals surface area contributed by atoms with Gasteiger partial charge >= 0.3 is 0 Å². The summed E-state index contributed by atoms with van der Waals surface area (Å²) in [7, 11) is -3.49. The van der Waals surface area contributed by atoms with Crippen LogP contribution >= 0.6 is 0 Å². The van der Waals surface area contributed by atoms with E-state index in [1.165, 1.54) is 12.3 Å². The molecule has 0 spiro atoms. The van der Waals surface area contributed by atoms with Crippen LogP contribution in [0.25, 0.3) is 0 Å². The minimum Gasteiger partial charge on any atom is -0.378 e. The molecule has 0 amide bonds. The highest BCUT2D eigenvalue weighted by molar-refractivity contribution is 7.89. The van der Waals surface area contributed by atoms with Gasteiger partial charge in [0.1, 0.15) is 4.90 Å². The van der Waals surface area contributed by atoms with Crippen molar-refractivity contribution in [2.75, 3.05) is 13.2 Å². The second kappa shape index (κ2) is 6.42. The molecule has 1 fully saturated rings. The van der Waals surface area contributed by atoms with Crippen LogP contribution in [0.5, 0.6) is 0 Å². The Kier molecular flexibility index (Phi) is 4.87. The fourth-order valence-electron chi connectivity index (χ4n) is 2.00. The predicted octanol–water partition coefficient (Wildman–Crippen LogP) is 0.388. The van der Waals surface area contributed by atoms with Crippen LogP contribution in [-0.2, 0) is 21.3 Å². The summed E-state index contributed by atoms with van der Waals surface area (Å²) in [6, 6.07) is 3.14. The third-order valence-electron chi connectivity index (χ3n) is 3.10. The van der Waals surface area contributed by atoms with Crippen molar-refractivity contribution in [3.63, 3.8) is 0 Å². The van der Waals surface area contributed by atoms with Gasteiger partial charge in [-0.15, -0.1) is 0 Å². The number of hydrogen-bond acceptors (Lipinski definition) is 5. The van der Waals surface area contributed by atoms with Gasteiger partial charge in [-0.2, -0.15) is 0 Å². The number of nitrogens with one attached hydrogen (secondary N) is 1. The maximum atomic E-state index is 12.0. The molecular weight excluding hydrogens is 266 g/mol.